The molecular weight excluding hydrogens is 721 g/mol. The zero-order chi connectivity index (χ0) is 32.8. The van der Waals surface area contributed by atoms with Gasteiger partial charge in [-0.2, -0.15) is 0 Å². The Morgan fingerprint density at radius 1 is 1.07 bits per heavy atom. The lowest BCUT2D eigenvalue weighted by Crippen LogP contribution is -2.69. The molecule has 244 valence electrons. The molecule has 2 aromatic carbocycles. The van der Waals surface area contributed by atoms with Crippen LogP contribution in [-0.4, -0.2) is 68.9 Å². The number of thiazole rings is 1. The molecule has 2 aliphatic rings. The third-order valence-corrected chi connectivity index (χ3v) is 10.8. The maximum Gasteiger partial charge on any atom is 0.513 e. The van der Waals surface area contributed by atoms with E-state index in [2.05, 4.69) is 10.3 Å². The van der Waals surface area contributed by atoms with E-state index in [1.54, 1.807) is 24.3 Å². The van der Waals surface area contributed by atoms with E-state index in [0.717, 1.165) is 38.8 Å². The molecule has 1 aromatic heterocycles. The molecule has 2 amide bonds. The Balaban J connectivity index is 1.38. The smallest absolute Gasteiger partial charge is 0.484 e. The fourth-order valence-electron chi connectivity index (χ4n) is 4.09. The predicted octanol–water partition coefficient (Wildman–Crippen LogP) is 6.48. The highest BCUT2D eigenvalue weighted by molar-refractivity contribution is 8.77. The van der Waals surface area contributed by atoms with Crippen molar-refractivity contribution in [2.45, 2.75) is 39.3 Å². The number of alkyl halides is 3. The Labute approximate surface area is 290 Å². The molecule has 5 rings (SSSR count). The minimum atomic E-state index is -1.95. The largest absolute Gasteiger partial charge is 0.513 e. The van der Waals surface area contributed by atoms with Crippen molar-refractivity contribution in [2.24, 2.45) is 5.92 Å². The molecule has 1 aliphatic heterocycles. The van der Waals surface area contributed by atoms with Crippen LogP contribution in [0.1, 0.15) is 19.8 Å². The Kier molecular flexibility index (Phi) is 11.5. The van der Waals surface area contributed by atoms with Crippen LogP contribution < -0.4 is 10.1 Å². The summed E-state index contributed by atoms with van der Waals surface area (Å²) in [5, 5.41) is 1.78. The minimum Gasteiger partial charge on any atom is -0.484 e. The van der Waals surface area contributed by atoms with Crippen molar-refractivity contribution in [3.05, 3.63) is 66.1 Å². The molecule has 1 N–H and O–H groups in total. The van der Waals surface area contributed by atoms with Crippen molar-refractivity contribution in [1.29, 1.82) is 0 Å². The number of benzene rings is 2. The molecular formula is C29H26Cl3N3O8S3. The maximum absolute atomic E-state index is 13.6. The lowest BCUT2D eigenvalue weighted by Gasteiger charge is -2.46. The van der Waals surface area contributed by atoms with Crippen LogP contribution in [0.4, 0.5) is 4.79 Å². The van der Waals surface area contributed by atoms with Crippen LogP contribution in [0.5, 0.6) is 5.75 Å². The van der Waals surface area contributed by atoms with Crippen LogP contribution in [0.25, 0.3) is 10.2 Å². The number of allylic oxidation sites excluding steroid dienone is 1. The number of β-lactam (4-membered cyclic amide) rings is 1. The second-order valence-corrected chi connectivity index (χ2v) is 16.2. The highest BCUT2D eigenvalue weighted by Crippen LogP contribution is 2.46. The van der Waals surface area contributed by atoms with E-state index in [1.165, 1.54) is 29.1 Å². The molecule has 1 saturated carbocycles. The average Bonchev–Trinajstić information content (AvgIpc) is 3.77. The summed E-state index contributed by atoms with van der Waals surface area (Å²) in [5.41, 5.74) is 0.376. The normalized spacial score (nSPS) is 18.3. The van der Waals surface area contributed by atoms with E-state index in [9.17, 15) is 19.2 Å². The summed E-state index contributed by atoms with van der Waals surface area (Å²) < 4.78 is 20.8. The first-order valence-corrected chi connectivity index (χ1v) is 17.9. The van der Waals surface area contributed by atoms with Gasteiger partial charge < -0.3 is 24.3 Å². The number of fused-ring (bicyclic) bond motifs is 1. The number of para-hydroxylation sites is 2. The highest BCUT2D eigenvalue weighted by atomic mass is 35.6. The first-order chi connectivity index (χ1) is 22.0. The molecule has 1 saturated heterocycles. The standard InChI is InChI=1S/C29H26Cl3N3O8S3/c1-16(43-28(39)41-13-17-11-12-17)23(26(38)42-15-29(30,31)32)35-24(37)22(34-21(36)14-40-18-7-3-2-4-8-18)25(35)45-46-27-33-19-9-5-6-10-20(19)44-27/h2-10,17,22,25H,11-15H2,1H3,(H,34,36). The molecule has 17 heteroatoms. The summed E-state index contributed by atoms with van der Waals surface area (Å²) in [6.07, 6.45) is 0.821. The van der Waals surface area contributed by atoms with Gasteiger partial charge in [-0.1, -0.05) is 75.9 Å². The Morgan fingerprint density at radius 3 is 2.48 bits per heavy atom. The lowest BCUT2D eigenvalue weighted by molar-refractivity contribution is -0.153. The van der Waals surface area contributed by atoms with Crippen LogP contribution in [0.15, 0.2) is 70.4 Å². The van der Waals surface area contributed by atoms with E-state index in [-0.39, 0.29) is 24.9 Å². The summed E-state index contributed by atoms with van der Waals surface area (Å²) in [6, 6.07) is 15.2. The van der Waals surface area contributed by atoms with Gasteiger partial charge in [0.2, 0.25) is 3.79 Å². The number of nitrogens with zero attached hydrogens (tertiary/aromatic N) is 2. The molecule has 46 heavy (non-hydrogen) atoms. The first kappa shape index (κ1) is 34.5. The van der Waals surface area contributed by atoms with Crippen molar-refractivity contribution >= 4 is 102 Å². The SMILES string of the molecule is CC(OC(=O)OCC1CC1)=C(C(=O)OCC(Cl)(Cl)Cl)N1C(=O)C(NC(=O)COc2ccccc2)C1SSc1nc2ccccc2s1. The number of rotatable bonds is 13. The third kappa shape index (κ3) is 9.35. The van der Waals surface area contributed by atoms with Gasteiger partial charge in [0.05, 0.1) is 16.8 Å². The molecule has 2 atom stereocenters. The molecule has 2 unspecified atom stereocenters. The van der Waals surface area contributed by atoms with Crippen molar-refractivity contribution in [2.75, 3.05) is 19.8 Å². The molecule has 0 bridgehead atoms. The Hall–Kier alpha value is -2.88. The zero-order valence-electron chi connectivity index (χ0n) is 24.0. The van der Waals surface area contributed by atoms with Gasteiger partial charge in [-0.25, -0.2) is 14.6 Å². The van der Waals surface area contributed by atoms with Crippen LogP contribution in [0, 0.1) is 5.92 Å². The third-order valence-electron chi connectivity index (χ3n) is 6.47. The number of likely N-dealkylation sites (tertiary alicyclic amines) is 1. The van der Waals surface area contributed by atoms with Gasteiger partial charge in [0.25, 0.3) is 11.8 Å². The number of carbonyl (C=O) groups is 4. The van der Waals surface area contributed by atoms with Crippen molar-refractivity contribution in [3.8, 4) is 5.75 Å². The van der Waals surface area contributed by atoms with E-state index >= 15 is 0 Å². The van der Waals surface area contributed by atoms with Gasteiger partial charge in [0, 0.05) is 0 Å². The minimum absolute atomic E-state index is 0.165. The lowest BCUT2D eigenvalue weighted by atomic mass is 10.1. The Bertz CT molecular complexity index is 1600. The molecule has 0 radical (unpaired) electrons. The van der Waals surface area contributed by atoms with Crippen molar-refractivity contribution < 1.29 is 38.1 Å². The van der Waals surface area contributed by atoms with E-state index in [1.807, 2.05) is 30.3 Å². The summed E-state index contributed by atoms with van der Waals surface area (Å²) in [6.45, 7) is 0.452. The van der Waals surface area contributed by atoms with Gasteiger partial charge in [-0.05, 0) is 60.7 Å². The van der Waals surface area contributed by atoms with Crippen LogP contribution in [0.2, 0.25) is 0 Å². The van der Waals surface area contributed by atoms with Gasteiger partial charge in [0.15, 0.2) is 16.6 Å². The number of ether oxygens (including phenoxy) is 4. The quantitative estimate of drug-likeness (QED) is 0.0515. The number of carbonyl (C=O) groups excluding carboxylic acids is 4. The summed E-state index contributed by atoms with van der Waals surface area (Å²) in [7, 11) is 2.40. The average molecular weight is 747 g/mol. The first-order valence-electron chi connectivity index (χ1n) is 13.8. The van der Waals surface area contributed by atoms with Crippen LogP contribution in [0.3, 0.4) is 0 Å². The second-order valence-electron chi connectivity index (χ2n) is 10.1. The molecule has 11 nitrogen and oxygen atoms in total. The summed E-state index contributed by atoms with van der Waals surface area (Å²) in [4.78, 5) is 58.0. The Morgan fingerprint density at radius 2 is 1.78 bits per heavy atom. The molecule has 0 spiro atoms. The second kappa shape index (κ2) is 15.3. The van der Waals surface area contributed by atoms with Gasteiger partial charge in [0.1, 0.15) is 29.5 Å². The number of hydrogen-bond donors (Lipinski definition) is 1. The van der Waals surface area contributed by atoms with Crippen LogP contribution >= 0.6 is 67.7 Å². The summed E-state index contributed by atoms with van der Waals surface area (Å²) >= 11 is 18.8. The van der Waals surface area contributed by atoms with Crippen molar-refractivity contribution in [1.82, 2.24) is 15.2 Å². The number of nitrogens with one attached hydrogen (secondary N) is 1. The van der Waals surface area contributed by atoms with E-state index in [4.69, 9.17) is 53.8 Å². The number of esters is 1. The number of aromatic nitrogens is 1. The maximum atomic E-state index is 13.6. The van der Waals surface area contributed by atoms with Gasteiger partial charge in [-0.15, -0.1) is 11.3 Å². The fraction of sp³-hybridized carbons (Fsp3) is 0.345. The summed E-state index contributed by atoms with van der Waals surface area (Å²) in [5.74, 6) is -1.89. The predicted molar refractivity (Wildman–Crippen MR) is 177 cm³/mol. The number of hydrogen-bond acceptors (Lipinski definition) is 12. The van der Waals surface area contributed by atoms with Crippen molar-refractivity contribution in [3.63, 3.8) is 0 Å². The number of amides is 2. The number of halogens is 3. The molecule has 1 aliphatic carbocycles. The highest BCUT2D eigenvalue weighted by Gasteiger charge is 2.53. The van der Waals surface area contributed by atoms with Gasteiger partial charge >= 0.3 is 12.1 Å². The molecule has 2 fully saturated rings. The van der Waals surface area contributed by atoms with Crippen LogP contribution in [-0.2, 0) is 28.6 Å². The van der Waals surface area contributed by atoms with E-state index in [0.29, 0.717) is 10.1 Å². The molecule has 3 aromatic rings. The zero-order valence-corrected chi connectivity index (χ0v) is 28.7. The molecule has 2 heterocycles. The van der Waals surface area contributed by atoms with E-state index < -0.39 is 51.5 Å². The fourth-order valence-corrected chi connectivity index (χ4v) is 8.17. The monoisotopic (exact) mass is 745 g/mol. The topological polar surface area (TPSA) is 133 Å². The van der Waals surface area contributed by atoms with Gasteiger partial charge in [-0.3, -0.25) is 14.5 Å².